The summed E-state index contributed by atoms with van der Waals surface area (Å²) in [6.07, 6.45) is 6.04. The Hall–Kier alpha value is -2.69. The zero-order valence-electron chi connectivity index (χ0n) is 13.4. The van der Waals surface area contributed by atoms with E-state index in [9.17, 15) is 9.90 Å². The van der Waals surface area contributed by atoms with E-state index in [0.717, 1.165) is 23.9 Å². The molecular weight excluding hydrogens is 302 g/mol. The van der Waals surface area contributed by atoms with Crippen molar-refractivity contribution in [1.82, 2.24) is 14.8 Å². The van der Waals surface area contributed by atoms with Crippen LogP contribution >= 0.6 is 0 Å². The van der Waals surface area contributed by atoms with Crippen LogP contribution in [0.15, 0.2) is 42.5 Å². The highest BCUT2D eigenvalue weighted by atomic mass is 16.4. The summed E-state index contributed by atoms with van der Waals surface area (Å²) in [6, 6.07) is 13.4. The molecule has 1 saturated carbocycles. The van der Waals surface area contributed by atoms with Gasteiger partial charge >= 0.3 is 5.97 Å². The average molecular weight is 321 g/mol. The molecule has 1 aliphatic carbocycles. The molecule has 4 rings (SSSR count). The van der Waals surface area contributed by atoms with Crippen LogP contribution in [0.25, 0.3) is 16.7 Å². The van der Waals surface area contributed by atoms with Crippen LogP contribution in [0, 0.1) is 0 Å². The number of carboxylic acid groups (broad SMARTS) is 1. The molecule has 0 unspecified atom stereocenters. The quantitative estimate of drug-likeness (QED) is 0.786. The van der Waals surface area contributed by atoms with Crippen molar-refractivity contribution in [3.05, 3.63) is 53.9 Å². The lowest BCUT2D eigenvalue weighted by Crippen LogP contribution is -2.11. The number of hydrogen-bond donors (Lipinski definition) is 1. The highest BCUT2D eigenvalue weighted by molar-refractivity contribution is 5.89. The average Bonchev–Trinajstić information content (AvgIpc) is 3.01. The van der Waals surface area contributed by atoms with E-state index < -0.39 is 5.97 Å². The van der Waals surface area contributed by atoms with Gasteiger partial charge in [-0.25, -0.2) is 14.5 Å². The first kappa shape index (κ1) is 14.9. The fourth-order valence-electron chi connectivity index (χ4n) is 3.64. The van der Waals surface area contributed by atoms with Gasteiger partial charge < -0.3 is 5.11 Å². The van der Waals surface area contributed by atoms with Gasteiger partial charge in [-0.3, -0.25) is 0 Å². The first-order valence-electron chi connectivity index (χ1n) is 8.42. The lowest BCUT2D eigenvalue weighted by atomic mass is 9.86. The molecule has 0 radical (unpaired) electrons. The van der Waals surface area contributed by atoms with Gasteiger partial charge in [-0.05, 0) is 37.1 Å². The minimum Gasteiger partial charge on any atom is -0.477 e. The summed E-state index contributed by atoms with van der Waals surface area (Å²) in [5.41, 5.74) is 2.71. The summed E-state index contributed by atoms with van der Waals surface area (Å²) < 4.78 is 1.96. The molecule has 1 N–H and O–H groups in total. The highest BCUT2D eigenvalue weighted by Crippen LogP contribution is 2.37. The van der Waals surface area contributed by atoms with Gasteiger partial charge in [0, 0.05) is 11.3 Å². The van der Waals surface area contributed by atoms with E-state index in [-0.39, 0.29) is 5.69 Å². The molecule has 1 aliphatic rings. The molecule has 5 heteroatoms. The number of rotatable bonds is 3. The zero-order valence-corrected chi connectivity index (χ0v) is 13.4. The number of aromatic nitrogens is 3. The number of aromatic carboxylic acids is 1. The standard InChI is InChI=1S/C19H19N3O2/c23-19(24)16-12-11-15-17(13-7-3-1-4-8-13)22(21-18(15)20-16)14-9-5-2-6-10-14/h2,5-6,9-13H,1,3-4,7-8H2,(H,23,24). The summed E-state index contributed by atoms with van der Waals surface area (Å²) in [4.78, 5) is 15.5. The van der Waals surface area contributed by atoms with Crippen molar-refractivity contribution < 1.29 is 9.90 Å². The molecule has 0 atom stereocenters. The van der Waals surface area contributed by atoms with Gasteiger partial charge in [0.25, 0.3) is 0 Å². The molecule has 0 spiro atoms. The van der Waals surface area contributed by atoms with E-state index in [0.29, 0.717) is 11.6 Å². The Morgan fingerprint density at radius 1 is 1.04 bits per heavy atom. The van der Waals surface area contributed by atoms with Crippen LogP contribution in [-0.2, 0) is 0 Å². The SMILES string of the molecule is O=C(O)c1ccc2c(C3CCCCC3)n(-c3ccccc3)nc2n1. The van der Waals surface area contributed by atoms with Crippen molar-refractivity contribution in [2.24, 2.45) is 0 Å². The first-order chi connectivity index (χ1) is 11.7. The van der Waals surface area contributed by atoms with Crippen LogP contribution in [0.2, 0.25) is 0 Å². The van der Waals surface area contributed by atoms with E-state index in [1.54, 1.807) is 6.07 Å². The van der Waals surface area contributed by atoms with Crippen LogP contribution in [0.4, 0.5) is 0 Å². The van der Waals surface area contributed by atoms with Gasteiger partial charge in [-0.1, -0.05) is 37.5 Å². The second-order valence-corrected chi connectivity index (χ2v) is 6.34. The predicted molar refractivity (Wildman–Crippen MR) is 91.7 cm³/mol. The second-order valence-electron chi connectivity index (χ2n) is 6.34. The topological polar surface area (TPSA) is 68.0 Å². The fourth-order valence-corrected chi connectivity index (χ4v) is 3.64. The summed E-state index contributed by atoms with van der Waals surface area (Å²) in [5, 5.41) is 14.8. The highest BCUT2D eigenvalue weighted by Gasteiger charge is 2.24. The molecule has 0 bridgehead atoms. The normalized spacial score (nSPS) is 15.7. The fraction of sp³-hybridized carbons (Fsp3) is 0.316. The number of hydrogen-bond acceptors (Lipinski definition) is 3. The van der Waals surface area contributed by atoms with Gasteiger partial charge in [0.05, 0.1) is 11.4 Å². The minimum atomic E-state index is -1.02. The van der Waals surface area contributed by atoms with Gasteiger partial charge in [0.15, 0.2) is 11.3 Å². The molecule has 1 aromatic carbocycles. The van der Waals surface area contributed by atoms with Crippen molar-refractivity contribution >= 4 is 17.0 Å². The van der Waals surface area contributed by atoms with Crippen molar-refractivity contribution in [1.29, 1.82) is 0 Å². The largest absolute Gasteiger partial charge is 0.477 e. The molecule has 5 nitrogen and oxygen atoms in total. The maximum Gasteiger partial charge on any atom is 0.354 e. The van der Waals surface area contributed by atoms with Gasteiger partial charge in [0.2, 0.25) is 0 Å². The van der Waals surface area contributed by atoms with E-state index >= 15 is 0 Å². The number of nitrogens with zero attached hydrogens (tertiary/aromatic N) is 3. The number of carboxylic acids is 1. The van der Waals surface area contributed by atoms with E-state index in [1.165, 1.54) is 25.0 Å². The Morgan fingerprint density at radius 3 is 2.50 bits per heavy atom. The maximum absolute atomic E-state index is 11.2. The van der Waals surface area contributed by atoms with Gasteiger partial charge in [-0.2, -0.15) is 0 Å². The molecule has 24 heavy (non-hydrogen) atoms. The summed E-state index contributed by atoms with van der Waals surface area (Å²) in [5.74, 6) is -0.577. The zero-order chi connectivity index (χ0) is 16.5. The smallest absolute Gasteiger partial charge is 0.354 e. The lowest BCUT2D eigenvalue weighted by molar-refractivity contribution is 0.0691. The molecule has 0 saturated heterocycles. The van der Waals surface area contributed by atoms with E-state index in [2.05, 4.69) is 10.1 Å². The maximum atomic E-state index is 11.2. The first-order valence-corrected chi connectivity index (χ1v) is 8.42. The number of benzene rings is 1. The summed E-state index contributed by atoms with van der Waals surface area (Å²) in [7, 11) is 0. The number of para-hydroxylation sites is 1. The molecular formula is C19H19N3O2. The van der Waals surface area contributed by atoms with E-state index in [4.69, 9.17) is 0 Å². The number of carbonyl (C=O) groups is 1. The van der Waals surface area contributed by atoms with Crippen molar-refractivity contribution in [3.63, 3.8) is 0 Å². The van der Waals surface area contributed by atoms with Crippen LogP contribution in [0.3, 0.4) is 0 Å². The lowest BCUT2D eigenvalue weighted by Gasteiger charge is -2.23. The summed E-state index contributed by atoms with van der Waals surface area (Å²) >= 11 is 0. The third-order valence-corrected chi connectivity index (χ3v) is 4.79. The van der Waals surface area contributed by atoms with Crippen LogP contribution in [0.1, 0.15) is 54.2 Å². The summed E-state index contributed by atoms with van der Waals surface area (Å²) in [6.45, 7) is 0. The Labute approximate surface area is 140 Å². The monoisotopic (exact) mass is 321 g/mol. The van der Waals surface area contributed by atoms with Crippen molar-refractivity contribution in [2.45, 2.75) is 38.0 Å². The molecule has 3 aromatic rings. The Kier molecular flexibility index (Phi) is 3.76. The molecule has 2 heterocycles. The predicted octanol–water partition coefficient (Wildman–Crippen LogP) is 4.17. The molecule has 2 aromatic heterocycles. The van der Waals surface area contributed by atoms with Crippen LogP contribution in [0.5, 0.6) is 0 Å². The van der Waals surface area contributed by atoms with Crippen molar-refractivity contribution in [3.8, 4) is 5.69 Å². The second kappa shape index (κ2) is 6.07. The van der Waals surface area contributed by atoms with Gasteiger partial charge in [0.1, 0.15) is 0 Å². The van der Waals surface area contributed by atoms with Crippen LogP contribution in [-0.4, -0.2) is 25.8 Å². The Bertz CT molecular complexity index is 880. The third kappa shape index (κ3) is 2.56. The number of pyridine rings is 1. The number of fused-ring (bicyclic) bond motifs is 1. The Balaban J connectivity index is 1.93. The molecule has 122 valence electrons. The Morgan fingerprint density at radius 2 is 1.79 bits per heavy atom. The minimum absolute atomic E-state index is 0.0374. The molecule has 0 amide bonds. The van der Waals surface area contributed by atoms with Crippen LogP contribution < -0.4 is 0 Å². The third-order valence-electron chi connectivity index (χ3n) is 4.79. The van der Waals surface area contributed by atoms with E-state index in [1.807, 2.05) is 41.1 Å². The molecule has 1 fully saturated rings. The molecule has 0 aliphatic heterocycles. The van der Waals surface area contributed by atoms with Gasteiger partial charge in [-0.15, -0.1) is 5.10 Å². The van der Waals surface area contributed by atoms with Crippen molar-refractivity contribution in [2.75, 3.05) is 0 Å².